The molecule has 0 saturated heterocycles. The second-order valence-corrected chi connectivity index (χ2v) is 8.51. The Labute approximate surface area is 189 Å². The van der Waals surface area contributed by atoms with E-state index >= 15 is 0 Å². The molecule has 168 valence electrons. The lowest BCUT2D eigenvalue weighted by molar-refractivity contribution is -0.122. The van der Waals surface area contributed by atoms with Crippen LogP contribution in [0.3, 0.4) is 0 Å². The first-order valence-electron chi connectivity index (χ1n) is 10.5. The molecule has 4 aromatic rings. The van der Waals surface area contributed by atoms with Gasteiger partial charge in [-0.1, -0.05) is 26.0 Å². The van der Waals surface area contributed by atoms with Crippen LogP contribution < -0.4 is 20.3 Å². The second kappa shape index (κ2) is 9.04. The Bertz CT molecular complexity index is 1350. The summed E-state index contributed by atoms with van der Waals surface area (Å²) in [6.45, 7) is 4.19. The second-order valence-electron chi connectivity index (χ2n) is 7.34. The van der Waals surface area contributed by atoms with Crippen molar-refractivity contribution < 1.29 is 14.3 Å². The van der Waals surface area contributed by atoms with Crippen LogP contribution in [-0.2, 0) is 30.7 Å². The van der Waals surface area contributed by atoms with Crippen LogP contribution >= 0.6 is 11.3 Å². The van der Waals surface area contributed by atoms with Crippen LogP contribution in [0.15, 0.2) is 35.1 Å². The Kier molecular flexibility index (Phi) is 6.18. The molecule has 8 nitrogen and oxygen atoms in total. The average Bonchev–Trinajstić information content (AvgIpc) is 3.37. The first kappa shape index (κ1) is 21.9. The highest BCUT2D eigenvalue weighted by Crippen LogP contribution is 2.31. The van der Waals surface area contributed by atoms with Crippen molar-refractivity contribution in [3.63, 3.8) is 0 Å². The molecule has 0 aliphatic rings. The lowest BCUT2D eigenvalue weighted by Crippen LogP contribution is -2.35. The molecule has 1 amide bonds. The number of carbonyl (C=O) groups excluding carboxylic acids is 1. The van der Waals surface area contributed by atoms with Crippen LogP contribution in [0.4, 0.5) is 0 Å². The Morgan fingerprint density at radius 2 is 1.94 bits per heavy atom. The number of nitrogens with one attached hydrogen (secondary N) is 1. The number of carbonyl (C=O) groups is 1. The molecule has 0 unspecified atom stereocenters. The van der Waals surface area contributed by atoms with E-state index in [1.54, 1.807) is 31.6 Å². The number of methoxy groups -OCH3 is 2. The van der Waals surface area contributed by atoms with Crippen LogP contribution in [0.1, 0.15) is 30.1 Å². The summed E-state index contributed by atoms with van der Waals surface area (Å²) < 4.78 is 14.9. The van der Waals surface area contributed by atoms with E-state index in [0.717, 1.165) is 28.0 Å². The minimum atomic E-state index is -0.308. The smallest absolute Gasteiger partial charge is 0.291 e. The fraction of sp³-hybridized carbons (Fsp3) is 0.348. The largest absolute Gasteiger partial charge is 0.493 e. The van der Waals surface area contributed by atoms with Crippen LogP contribution in [0.25, 0.3) is 15.7 Å². The maximum Gasteiger partial charge on any atom is 0.291 e. The zero-order chi connectivity index (χ0) is 22.8. The molecule has 3 aromatic heterocycles. The number of hydrogen-bond acceptors (Lipinski definition) is 6. The number of fused-ring (bicyclic) bond motifs is 3. The molecule has 0 atom stereocenters. The zero-order valence-corrected chi connectivity index (χ0v) is 19.4. The molecule has 4 rings (SSSR count). The maximum atomic E-state index is 13.1. The van der Waals surface area contributed by atoms with Gasteiger partial charge in [0.25, 0.3) is 5.56 Å². The monoisotopic (exact) mass is 454 g/mol. The number of rotatable bonds is 8. The molecule has 1 aromatic carbocycles. The van der Waals surface area contributed by atoms with E-state index in [1.165, 1.54) is 9.56 Å². The predicted octanol–water partition coefficient (Wildman–Crippen LogP) is 3.17. The quantitative estimate of drug-likeness (QED) is 0.442. The summed E-state index contributed by atoms with van der Waals surface area (Å²) in [5.41, 5.74) is 2.05. The third kappa shape index (κ3) is 3.84. The highest BCUT2D eigenvalue weighted by molar-refractivity contribution is 7.19. The maximum absolute atomic E-state index is 13.1. The third-order valence-electron chi connectivity index (χ3n) is 5.41. The van der Waals surface area contributed by atoms with E-state index in [0.29, 0.717) is 23.4 Å². The molecule has 0 saturated carbocycles. The van der Waals surface area contributed by atoms with Gasteiger partial charge in [-0.3, -0.25) is 14.0 Å². The number of nitrogens with zero attached hydrogens (tertiary/aromatic N) is 3. The number of hydrogen-bond donors (Lipinski definition) is 1. The van der Waals surface area contributed by atoms with E-state index < -0.39 is 0 Å². The van der Waals surface area contributed by atoms with Gasteiger partial charge in [0.15, 0.2) is 11.5 Å². The van der Waals surface area contributed by atoms with Gasteiger partial charge >= 0.3 is 0 Å². The van der Waals surface area contributed by atoms with E-state index in [-0.39, 0.29) is 24.6 Å². The molecule has 0 aliphatic carbocycles. The first-order valence-corrected chi connectivity index (χ1v) is 11.3. The van der Waals surface area contributed by atoms with Gasteiger partial charge in [-0.15, -0.1) is 11.3 Å². The van der Waals surface area contributed by atoms with Gasteiger partial charge in [0.05, 0.1) is 24.4 Å². The van der Waals surface area contributed by atoms with Crippen LogP contribution in [0.2, 0.25) is 0 Å². The number of aromatic nitrogens is 3. The van der Waals surface area contributed by atoms with Gasteiger partial charge in [0, 0.05) is 23.4 Å². The van der Waals surface area contributed by atoms with Crippen LogP contribution in [0, 0.1) is 0 Å². The highest BCUT2D eigenvalue weighted by Gasteiger charge is 2.17. The van der Waals surface area contributed by atoms with Gasteiger partial charge < -0.3 is 14.8 Å². The minimum absolute atomic E-state index is 0.159. The molecule has 3 heterocycles. The fourth-order valence-corrected chi connectivity index (χ4v) is 4.85. The summed E-state index contributed by atoms with van der Waals surface area (Å²) in [4.78, 5) is 27.0. The number of benzene rings is 1. The first-order chi connectivity index (χ1) is 15.5. The Balaban J connectivity index is 1.60. The molecule has 0 fully saturated rings. The number of thiophene rings is 1. The Morgan fingerprint density at radius 3 is 2.62 bits per heavy atom. The summed E-state index contributed by atoms with van der Waals surface area (Å²) in [6, 6.07) is 9.49. The normalized spacial score (nSPS) is 11.2. The number of amides is 1. The molecule has 0 aliphatic heterocycles. The minimum Gasteiger partial charge on any atom is -0.493 e. The molecular weight excluding hydrogens is 428 g/mol. The lowest BCUT2D eigenvalue weighted by Gasteiger charge is -2.14. The fourth-order valence-electron chi connectivity index (χ4n) is 3.83. The molecule has 0 spiro atoms. The molecule has 9 heteroatoms. The number of ether oxygens (including phenoxy) is 2. The van der Waals surface area contributed by atoms with E-state index in [4.69, 9.17) is 9.47 Å². The van der Waals surface area contributed by atoms with Crippen molar-refractivity contribution in [2.24, 2.45) is 0 Å². The van der Waals surface area contributed by atoms with Crippen molar-refractivity contribution in [3.8, 4) is 11.5 Å². The van der Waals surface area contributed by atoms with Gasteiger partial charge in [-0.05, 0) is 24.6 Å². The van der Waals surface area contributed by atoms with Crippen molar-refractivity contribution in [3.05, 3.63) is 57.0 Å². The summed E-state index contributed by atoms with van der Waals surface area (Å²) >= 11 is 1.68. The summed E-state index contributed by atoms with van der Waals surface area (Å²) in [7, 11) is 3.12. The number of aryl methyl sites for hydroxylation is 2. The summed E-state index contributed by atoms with van der Waals surface area (Å²) in [5.74, 6) is 1.60. The van der Waals surface area contributed by atoms with E-state index in [2.05, 4.69) is 23.4 Å². The molecule has 0 bridgehead atoms. The van der Waals surface area contributed by atoms with Crippen molar-refractivity contribution >= 4 is 33.0 Å². The molecular formula is C23H26N4O4S. The Hall–Kier alpha value is -3.33. The van der Waals surface area contributed by atoms with Gasteiger partial charge in [0.1, 0.15) is 17.9 Å². The van der Waals surface area contributed by atoms with Gasteiger partial charge in [0.2, 0.25) is 5.91 Å². The third-order valence-corrected chi connectivity index (χ3v) is 6.62. The van der Waals surface area contributed by atoms with Crippen molar-refractivity contribution in [2.75, 3.05) is 14.2 Å². The average molecular weight is 455 g/mol. The van der Waals surface area contributed by atoms with Gasteiger partial charge in [-0.25, -0.2) is 4.68 Å². The predicted molar refractivity (Wildman–Crippen MR) is 125 cm³/mol. The van der Waals surface area contributed by atoms with Crippen molar-refractivity contribution in [1.29, 1.82) is 0 Å². The standard InChI is InChI=1S/C23H26N4O4S/c1-5-15-10-16-19(32-15)11-17-23(29)26(25-20(6-2)27(16)17)13-21(28)24-12-14-8-7-9-18(30-3)22(14)31-4/h7-11H,5-6,12-13H2,1-4H3,(H,24,28). The van der Waals surface area contributed by atoms with Crippen molar-refractivity contribution in [1.82, 2.24) is 19.5 Å². The van der Waals surface area contributed by atoms with Crippen LogP contribution in [0.5, 0.6) is 11.5 Å². The SMILES string of the molecule is CCc1cc2c(cc3c(=O)n(CC(=O)NCc4cccc(OC)c4OC)nc(CC)n32)s1. The summed E-state index contributed by atoms with van der Waals surface area (Å²) in [5, 5.41) is 7.34. The van der Waals surface area contributed by atoms with E-state index in [9.17, 15) is 9.59 Å². The van der Waals surface area contributed by atoms with E-state index in [1.807, 2.05) is 29.5 Å². The van der Waals surface area contributed by atoms with Crippen LogP contribution in [-0.4, -0.2) is 34.3 Å². The number of para-hydroxylation sites is 1. The Morgan fingerprint density at radius 1 is 1.12 bits per heavy atom. The summed E-state index contributed by atoms with van der Waals surface area (Å²) in [6.07, 6.45) is 1.59. The zero-order valence-electron chi connectivity index (χ0n) is 18.6. The topological polar surface area (TPSA) is 86.9 Å². The highest BCUT2D eigenvalue weighted by atomic mass is 32.1. The molecule has 0 radical (unpaired) electrons. The molecule has 1 N–H and O–H groups in total. The lowest BCUT2D eigenvalue weighted by atomic mass is 10.2. The molecule has 32 heavy (non-hydrogen) atoms. The van der Waals surface area contributed by atoms with Crippen molar-refractivity contribution in [2.45, 2.75) is 39.8 Å². The van der Waals surface area contributed by atoms with Gasteiger partial charge in [-0.2, -0.15) is 5.10 Å².